The second-order valence-corrected chi connectivity index (χ2v) is 9.47. The Hall–Kier alpha value is -3.97. The van der Waals surface area contributed by atoms with Crippen LogP contribution in [0.2, 0.25) is 0 Å². The average molecular weight is 482 g/mol. The summed E-state index contributed by atoms with van der Waals surface area (Å²) in [6.07, 6.45) is 4.69. The number of piperidine rings is 1. The van der Waals surface area contributed by atoms with E-state index < -0.39 is 0 Å². The van der Waals surface area contributed by atoms with Crippen LogP contribution in [0.4, 0.5) is 5.69 Å². The number of anilines is 1. The molecule has 2 amide bonds. The molecule has 1 aliphatic heterocycles. The van der Waals surface area contributed by atoms with E-state index in [2.05, 4.69) is 50.4 Å². The van der Waals surface area contributed by atoms with Gasteiger partial charge in [-0.05, 0) is 85.5 Å². The minimum atomic E-state index is -0.241. The van der Waals surface area contributed by atoms with E-state index in [-0.39, 0.29) is 23.9 Å². The van der Waals surface area contributed by atoms with Crippen LogP contribution in [0.3, 0.4) is 0 Å². The molecule has 0 spiro atoms. The zero-order valence-electron chi connectivity index (χ0n) is 20.6. The van der Waals surface area contributed by atoms with Gasteiger partial charge in [0, 0.05) is 23.0 Å². The smallest absolute Gasteiger partial charge is 0.252 e. The quantitative estimate of drug-likeness (QED) is 0.308. The van der Waals surface area contributed by atoms with E-state index in [9.17, 15) is 9.59 Å². The highest BCUT2D eigenvalue weighted by Gasteiger charge is 2.22. The summed E-state index contributed by atoms with van der Waals surface area (Å²) in [5.74, 6) is -0.233. The number of hydrogen-bond donors (Lipinski definition) is 4. The van der Waals surface area contributed by atoms with Crippen molar-refractivity contribution in [1.82, 2.24) is 20.8 Å². The standard InChI is InChI=1S/C29H31N5O2/c1-18-10-11-22(33-29(36)27-9-5-6-13-30-27)17-24(18)28(35)32-19(2)25-16-21(26-12-14-31-34-26)15-20-7-3-4-8-23(20)25/h3-4,7-8,10-12,14-17,19,27,30H,5-6,9,13H2,1-2H3,(H,31,34)(H,32,35)(H,33,36)/t19-,27?/m1/s1. The number of carbonyl (C=O) groups is 2. The summed E-state index contributed by atoms with van der Waals surface area (Å²) in [6.45, 7) is 4.75. The fraction of sp³-hybridized carbons (Fsp3) is 0.276. The van der Waals surface area contributed by atoms with Gasteiger partial charge in [-0.25, -0.2) is 0 Å². The van der Waals surface area contributed by atoms with Crippen molar-refractivity contribution in [2.45, 2.75) is 45.2 Å². The molecule has 2 heterocycles. The monoisotopic (exact) mass is 481 g/mol. The number of nitrogens with zero attached hydrogens (tertiary/aromatic N) is 1. The average Bonchev–Trinajstić information content (AvgIpc) is 3.45. The van der Waals surface area contributed by atoms with Gasteiger partial charge >= 0.3 is 0 Å². The number of amides is 2. The van der Waals surface area contributed by atoms with Crippen LogP contribution in [-0.4, -0.2) is 34.6 Å². The minimum Gasteiger partial charge on any atom is -0.345 e. The molecule has 1 saturated heterocycles. The van der Waals surface area contributed by atoms with Crippen molar-refractivity contribution >= 4 is 28.3 Å². The first kappa shape index (κ1) is 23.8. The number of aromatic amines is 1. The van der Waals surface area contributed by atoms with Gasteiger partial charge < -0.3 is 16.0 Å². The van der Waals surface area contributed by atoms with Gasteiger partial charge in [0.1, 0.15) is 0 Å². The third-order valence-electron chi connectivity index (χ3n) is 6.90. The van der Waals surface area contributed by atoms with E-state index in [1.165, 1.54) is 0 Å². The molecule has 1 aliphatic rings. The number of nitrogens with one attached hydrogen (secondary N) is 4. The van der Waals surface area contributed by atoms with Crippen molar-refractivity contribution in [2.24, 2.45) is 0 Å². The summed E-state index contributed by atoms with van der Waals surface area (Å²) in [5, 5.41) is 18.7. The fourth-order valence-corrected chi connectivity index (χ4v) is 4.87. The predicted octanol–water partition coefficient (Wildman–Crippen LogP) is 5.11. The van der Waals surface area contributed by atoms with E-state index in [4.69, 9.17) is 0 Å². The van der Waals surface area contributed by atoms with Crippen molar-refractivity contribution in [3.8, 4) is 11.3 Å². The summed E-state index contributed by atoms with van der Waals surface area (Å²) >= 11 is 0. The Morgan fingerprint density at radius 3 is 2.69 bits per heavy atom. The first-order valence-electron chi connectivity index (χ1n) is 12.5. The third kappa shape index (κ3) is 5.02. The second-order valence-electron chi connectivity index (χ2n) is 9.47. The lowest BCUT2D eigenvalue weighted by molar-refractivity contribution is -0.118. The van der Waals surface area contributed by atoms with Crippen LogP contribution < -0.4 is 16.0 Å². The lowest BCUT2D eigenvalue weighted by Gasteiger charge is -2.23. The van der Waals surface area contributed by atoms with Crippen LogP contribution in [0, 0.1) is 6.92 Å². The van der Waals surface area contributed by atoms with E-state index in [1.807, 2.05) is 44.2 Å². The third-order valence-corrected chi connectivity index (χ3v) is 6.90. The zero-order chi connectivity index (χ0) is 25.1. The number of aromatic nitrogens is 2. The van der Waals surface area contributed by atoms with E-state index in [0.29, 0.717) is 11.3 Å². The van der Waals surface area contributed by atoms with Crippen LogP contribution in [0.1, 0.15) is 53.7 Å². The van der Waals surface area contributed by atoms with Gasteiger partial charge in [-0.15, -0.1) is 0 Å². The van der Waals surface area contributed by atoms with Gasteiger partial charge in [-0.1, -0.05) is 36.8 Å². The molecule has 184 valence electrons. The maximum atomic E-state index is 13.4. The van der Waals surface area contributed by atoms with Crippen LogP contribution in [0.15, 0.2) is 66.9 Å². The van der Waals surface area contributed by atoms with E-state index in [0.717, 1.165) is 59.0 Å². The van der Waals surface area contributed by atoms with Crippen LogP contribution in [-0.2, 0) is 4.79 Å². The molecule has 4 aromatic rings. The molecule has 7 heteroatoms. The summed E-state index contributed by atoms with van der Waals surface area (Å²) in [5.41, 5.74) is 4.99. The molecule has 1 unspecified atom stereocenters. The van der Waals surface area contributed by atoms with Gasteiger partial charge in [0.2, 0.25) is 5.91 Å². The van der Waals surface area contributed by atoms with Gasteiger partial charge in [-0.2, -0.15) is 5.10 Å². The summed E-state index contributed by atoms with van der Waals surface area (Å²) in [4.78, 5) is 26.1. The van der Waals surface area contributed by atoms with Crippen molar-refractivity contribution in [3.05, 3.63) is 83.6 Å². The molecule has 5 rings (SSSR count). The summed E-state index contributed by atoms with van der Waals surface area (Å²) in [7, 11) is 0. The molecule has 0 radical (unpaired) electrons. The SMILES string of the molecule is Cc1ccc(NC(=O)C2CCCCN2)cc1C(=O)N[C@H](C)c1cc(-c2ccn[nH]2)cc2ccccc12. The normalized spacial score (nSPS) is 16.4. The maximum Gasteiger partial charge on any atom is 0.252 e. The lowest BCUT2D eigenvalue weighted by atomic mass is 9.95. The number of aryl methyl sites for hydroxylation is 1. The number of H-pyrrole nitrogens is 1. The Balaban J connectivity index is 1.38. The molecule has 0 aliphatic carbocycles. The Morgan fingerprint density at radius 2 is 1.92 bits per heavy atom. The van der Waals surface area contributed by atoms with E-state index >= 15 is 0 Å². The Kier molecular flexibility index (Phi) is 6.82. The van der Waals surface area contributed by atoms with Gasteiger partial charge in [0.25, 0.3) is 5.91 Å². The highest BCUT2D eigenvalue weighted by Crippen LogP contribution is 2.31. The Labute approximate surface area is 210 Å². The van der Waals surface area contributed by atoms with E-state index in [1.54, 1.807) is 12.3 Å². The van der Waals surface area contributed by atoms with Crippen molar-refractivity contribution in [3.63, 3.8) is 0 Å². The fourth-order valence-electron chi connectivity index (χ4n) is 4.87. The predicted molar refractivity (Wildman–Crippen MR) is 143 cm³/mol. The van der Waals surface area contributed by atoms with Gasteiger partial charge in [-0.3, -0.25) is 14.7 Å². The lowest BCUT2D eigenvalue weighted by Crippen LogP contribution is -2.43. The van der Waals surface area contributed by atoms with Gasteiger partial charge in [0.15, 0.2) is 0 Å². The van der Waals surface area contributed by atoms with Crippen LogP contribution in [0.5, 0.6) is 0 Å². The number of carbonyl (C=O) groups excluding carboxylic acids is 2. The molecule has 1 aromatic heterocycles. The van der Waals surface area contributed by atoms with Crippen LogP contribution >= 0.6 is 0 Å². The topological polar surface area (TPSA) is 98.9 Å². The zero-order valence-corrected chi connectivity index (χ0v) is 20.6. The molecule has 1 fully saturated rings. The van der Waals surface area contributed by atoms with Crippen molar-refractivity contribution < 1.29 is 9.59 Å². The van der Waals surface area contributed by atoms with Crippen molar-refractivity contribution in [1.29, 1.82) is 0 Å². The first-order valence-corrected chi connectivity index (χ1v) is 12.5. The highest BCUT2D eigenvalue weighted by molar-refractivity contribution is 6.00. The molecular weight excluding hydrogens is 450 g/mol. The minimum absolute atomic E-state index is 0.0552. The highest BCUT2D eigenvalue weighted by atomic mass is 16.2. The largest absolute Gasteiger partial charge is 0.345 e. The molecule has 3 aromatic carbocycles. The molecule has 7 nitrogen and oxygen atoms in total. The number of rotatable bonds is 6. The van der Waals surface area contributed by atoms with Gasteiger partial charge in [0.05, 0.1) is 17.8 Å². The summed E-state index contributed by atoms with van der Waals surface area (Å²) < 4.78 is 0. The molecular formula is C29H31N5O2. The maximum absolute atomic E-state index is 13.4. The second kappa shape index (κ2) is 10.3. The summed E-state index contributed by atoms with van der Waals surface area (Å²) in [6, 6.07) is 19.4. The number of fused-ring (bicyclic) bond motifs is 1. The molecule has 4 N–H and O–H groups in total. The number of hydrogen-bond acceptors (Lipinski definition) is 4. The Morgan fingerprint density at radius 1 is 1.06 bits per heavy atom. The molecule has 0 saturated carbocycles. The molecule has 0 bridgehead atoms. The molecule has 36 heavy (non-hydrogen) atoms. The molecule has 2 atom stereocenters. The van der Waals surface area contributed by atoms with Crippen molar-refractivity contribution in [2.75, 3.05) is 11.9 Å². The number of benzene rings is 3. The van der Waals surface area contributed by atoms with Crippen LogP contribution in [0.25, 0.3) is 22.0 Å². The Bertz CT molecular complexity index is 1390. The first-order chi connectivity index (χ1) is 17.5.